The summed E-state index contributed by atoms with van der Waals surface area (Å²) in [6, 6.07) is 16.8. The van der Waals surface area contributed by atoms with Gasteiger partial charge in [0.05, 0.1) is 5.41 Å². The number of aromatic nitrogens is 2. The van der Waals surface area contributed by atoms with Gasteiger partial charge in [-0.2, -0.15) is 4.98 Å². The van der Waals surface area contributed by atoms with Gasteiger partial charge in [0.15, 0.2) is 5.82 Å². The van der Waals surface area contributed by atoms with Gasteiger partial charge in [-0.1, -0.05) is 41.6 Å². The van der Waals surface area contributed by atoms with Crippen molar-refractivity contribution in [3.63, 3.8) is 0 Å². The van der Waals surface area contributed by atoms with Crippen molar-refractivity contribution in [1.82, 2.24) is 10.1 Å². The van der Waals surface area contributed by atoms with Crippen LogP contribution in [0, 0.1) is 0 Å². The fourth-order valence-corrected chi connectivity index (χ4v) is 2.22. The molecule has 4 nitrogen and oxygen atoms in total. The number of phenolic OH excluding ortho intramolecular Hbond substituents is 1. The summed E-state index contributed by atoms with van der Waals surface area (Å²) in [6.07, 6.45) is 0. The van der Waals surface area contributed by atoms with Gasteiger partial charge in [0.1, 0.15) is 5.75 Å². The predicted octanol–water partition coefficient (Wildman–Crippen LogP) is 3.77. The molecule has 0 bridgehead atoms. The van der Waals surface area contributed by atoms with Crippen LogP contribution in [0.2, 0.25) is 0 Å². The first kappa shape index (κ1) is 13.4. The van der Waals surface area contributed by atoms with E-state index in [2.05, 4.69) is 24.0 Å². The summed E-state index contributed by atoms with van der Waals surface area (Å²) < 4.78 is 5.34. The summed E-state index contributed by atoms with van der Waals surface area (Å²) in [5, 5.41) is 13.6. The Bertz CT molecular complexity index is 748. The quantitative estimate of drug-likeness (QED) is 0.793. The van der Waals surface area contributed by atoms with Crippen molar-refractivity contribution in [3.8, 4) is 17.2 Å². The first-order chi connectivity index (χ1) is 10.1. The van der Waals surface area contributed by atoms with Gasteiger partial charge in [-0.05, 0) is 37.6 Å². The molecule has 3 rings (SSSR count). The smallest absolute Gasteiger partial charge is 0.258 e. The van der Waals surface area contributed by atoms with E-state index >= 15 is 0 Å². The van der Waals surface area contributed by atoms with Gasteiger partial charge in [0, 0.05) is 5.56 Å². The van der Waals surface area contributed by atoms with Crippen molar-refractivity contribution in [2.24, 2.45) is 0 Å². The van der Waals surface area contributed by atoms with Crippen LogP contribution in [0.5, 0.6) is 5.75 Å². The molecule has 0 fully saturated rings. The highest BCUT2D eigenvalue weighted by atomic mass is 16.5. The van der Waals surface area contributed by atoms with Crippen LogP contribution in [0.3, 0.4) is 0 Å². The van der Waals surface area contributed by atoms with Gasteiger partial charge in [0.2, 0.25) is 0 Å². The van der Waals surface area contributed by atoms with Crippen molar-refractivity contribution < 1.29 is 9.63 Å². The Balaban J connectivity index is 1.98. The molecule has 0 saturated carbocycles. The van der Waals surface area contributed by atoms with Gasteiger partial charge in [0.25, 0.3) is 5.89 Å². The highest BCUT2D eigenvalue weighted by molar-refractivity contribution is 5.55. The molecule has 3 aromatic rings. The van der Waals surface area contributed by atoms with E-state index in [4.69, 9.17) is 4.52 Å². The largest absolute Gasteiger partial charge is 0.508 e. The first-order valence-corrected chi connectivity index (χ1v) is 6.76. The second-order valence-corrected chi connectivity index (χ2v) is 5.46. The first-order valence-electron chi connectivity index (χ1n) is 6.76. The summed E-state index contributed by atoms with van der Waals surface area (Å²) in [4.78, 5) is 4.48. The average Bonchev–Trinajstić information content (AvgIpc) is 2.99. The zero-order valence-electron chi connectivity index (χ0n) is 11.9. The summed E-state index contributed by atoms with van der Waals surface area (Å²) >= 11 is 0. The molecule has 0 saturated heterocycles. The van der Waals surface area contributed by atoms with Crippen LogP contribution in [0.4, 0.5) is 0 Å². The summed E-state index contributed by atoms with van der Waals surface area (Å²) in [5.74, 6) is 1.20. The number of aromatic hydroxyl groups is 1. The van der Waals surface area contributed by atoms with Gasteiger partial charge in [-0.15, -0.1) is 0 Å². The Hall–Kier alpha value is -2.62. The monoisotopic (exact) mass is 280 g/mol. The van der Waals surface area contributed by atoms with Gasteiger partial charge >= 0.3 is 0 Å². The molecule has 0 amide bonds. The molecule has 0 aliphatic heterocycles. The maximum Gasteiger partial charge on any atom is 0.258 e. The third kappa shape index (κ3) is 2.52. The van der Waals surface area contributed by atoms with Gasteiger partial charge in [-0.3, -0.25) is 0 Å². The molecule has 106 valence electrons. The minimum Gasteiger partial charge on any atom is -0.508 e. The average molecular weight is 280 g/mol. The van der Waals surface area contributed by atoms with Crippen molar-refractivity contribution >= 4 is 0 Å². The molecule has 1 heterocycles. The Labute approximate surface area is 123 Å². The second kappa shape index (κ2) is 5.05. The highest BCUT2D eigenvalue weighted by Gasteiger charge is 2.29. The van der Waals surface area contributed by atoms with Crippen LogP contribution in [0.1, 0.15) is 25.2 Å². The lowest BCUT2D eigenvalue weighted by Crippen LogP contribution is -2.20. The van der Waals surface area contributed by atoms with E-state index in [9.17, 15) is 5.11 Å². The number of benzene rings is 2. The molecule has 1 N–H and O–H groups in total. The van der Waals surface area contributed by atoms with Crippen LogP contribution >= 0.6 is 0 Å². The van der Waals surface area contributed by atoms with E-state index in [1.807, 2.05) is 36.4 Å². The molecule has 4 heteroatoms. The number of phenols is 1. The van der Waals surface area contributed by atoms with Crippen LogP contribution < -0.4 is 0 Å². The zero-order valence-corrected chi connectivity index (χ0v) is 11.9. The number of nitrogens with zero attached hydrogens (tertiary/aromatic N) is 2. The third-order valence-electron chi connectivity index (χ3n) is 3.57. The van der Waals surface area contributed by atoms with Gasteiger partial charge < -0.3 is 9.63 Å². The summed E-state index contributed by atoms with van der Waals surface area (Å²) in [6.45, 7) is 4.11. The maximum absolute atomic E-state index is 9.53. The predicted molar refractivity (Wildman–Crippen MR) is 80.0 cm³/mol. The molecular formula is C17H16N2O2. The lowest BCUT2D eigenvalue weighted by molar-refractivity contribution is 0.407. The van der Waals surface area contributed by atoms with Gasteiger partial charge in [-0.25, -0.2) is 0 Å². The number of hydrogen-bond donors (Lipinski definition) is 1. The molecular weight excluding hydrogens is 264 g/mol. The van der Waals surface area contributed by atoms with Crippen molar-refractivity contribution in [3.05, 3.63) is 66.0 Å². The molecule has 0 unspecified atom stereocenters. The molecule has 21 heavy (non-hydrogen) atoms. The molecule has 0 aliphatic rings. The Morgan fingerprint density at radius 3 is 2.48 bits per heavy atom. The number of hydrogen-bond acceptors (Lipinski definition) is 4. The molecule has 0 atom stereocenters. The van der Waals surface area contributed by atoms with Crippen LogP contribution in [0.15, 0.2) is 59.1 Å². The SMILES string of the molecule is CC(C)(c1ccccc1)c1noc(-c2cccc(O)c2)n1. The molecule has 0 spiro atoms. The molecule has 1 aromatic heterocycles. The van der Waals surface area contributed by atoms with E-state index in [0.29, 0.717) is 17.3 Å². The van der Waals surface area contributed by atoms with E-state index in [1.54, 1.807) is 18.2 Å². The topological polar surface area (TPSA) is 59.2 Å². The van der Waals surface area contributed by atoms with Crippen molar-refractivity contribution in [2.45, 2.75) is 19.3 Å². The van der Waals surface area contributed by atoms with Crippen molar-refractivity contribution in [2.75, 3.05) is 0 Å². The minimum atomic E-state index is -0.347. The molecule has 0 aliphatic carbocycles. The van der Waals surface area contributed by atoms with Crippen molar-refractivity contribution in [1.29, 1.82) is 0 Å². The minimum absolute atomic E-state index is 0.176. The van der Waals surface area contributed by atoms with E-state index in [0.717, 1.165) is 5.56 Å². The van der Waals surface area contributed by atoms with E-state index < -0.39 is 0 Å². The number of rotatable bonds is 3. The summed E-state index contributed by atoms with van der Waals surface area (Å²) in [7, 11) is 0. The van der Waals surface area contributed by atoms with Crippen LogP contribution in [-0.4, -0.2) is 15.2 Å². The van der Waals surface area contributed by atoms with E-state index in [1.165, 1.54) is 0 Å². The van der Waals surface area contributed by atoms with Crippen LogP contribution in [0.25, 0.3) is 11.5 Å². The standard InChI is InChI=1S/C17H16N2O2/c1-17(2,13-8-4-3-5-9-13)16-18-15(21-19-16)12-7-6-10-14(20)11-12/h3-11,20H,1-2H3. The molecule has 0 radical (unpaired) electrons. The second-order valence-electron chi connectivity index (χ2n) is 5.46. The lowest BCUT2D eigenvalue weighted by atomic mass is 9.84. The van der Waals surface area contributed by atoms with Crippen LogP contribution in [-0.2, 0) is 5.41 Å². The Morgan fingerprint density at radius 1 is 1.00 bits per heavy atom. The third-order valence-corrected chi connectivity index (χ3v) is 3.57. The fraction of sp³-hybridized carbons (Fsp3) is 0.176. The zero-order chi connectivity index (χ0) is 14.9. The maximum atomic E-state index is 9.53. The summed E-state index contributed by atoms with van der Waals surface area (Å²) in [5.41, 5.74) is 1.48. The highest BCUT2D eigenvalue weighted by Crippen LogP contribution is 2.31. The van der Waals surface area contributed by atoms with E-state index in [-0.39, 0.29) is 11.2 Å². The molecule has 2 aromatic carbocycles. The fourth-order valence-electron chi connectivity index (χ4n) is 2.22. The Morgan fingerprint density at radius 2 is 1.76 bits per heavy atom. The lowest BCUT2D eigenvalue weighted by Gasteiger charge is -2.20. The Kier molecular flexibility index (Phi) is 3.22. The normalized spacial score (nSPS) is 11.5.